The summed E-state index contributed by atoms with van der Waals surface area (Å²) in [7, 11) is 1.52. The molecule has 8 heteroatoms. The van der Waals surface area contributed by atoms with Crippen molar-refractivity contribution in [3.63, 3.8) is 0 Å². The van der Waals surface area contributed by atoms with Gasteiger partial charge in [0, 0.05) is 40.8 Å². The van der Waals surface area contributed by atoms with Crippen molar-refractivity contribution in [3.05, 3.63) is 95.7 Å². The van der Waals surface area contributed by atoms with E-state index in [4.69, 9.17) is 4.74 Å². The number of hydrogen-bond acceptors (Lipinski definition) is 3. The molecule has 0 unspecified atom stereocenters. The molecule has 0 aliphatic carbocycles. The predicted molar refractivity (Wildman–Crippen MR) is 128 cm³/mol. The number of carbonyl (C=O) groups excluding carboxylic acids is 1. The molecule has 0 aliphatic rings. The molecule has 34 heavy (non-hydrogen) atoms. The Morgan fingerprint density at radius 1 is 1.03 bits per heavy atom. The van der Waals surface area contributed by atoms with E-state index in [0.717, 1.165) is 21.9 Å². The Kier molecular flexibility index (Phi) is 7.17. The first-order valence-electron chi connectivity index (χ1n) is 10.6. The lowest BCUT2D eigenvalue weighted by molar-refractivity contribution is -0.137. The van der Waals surface area contributed by atoms with Crippen LogP contribution in [0.5, 0.6) is 5.75 Å². The normalized spacial score (nSPS) is 11.5. The van der Waals surface area contributed by atoms with Crippen LogP contribution in [0.2, 0.25) is 0 Å². The van der Waals surface area contributed by atoms with Crippen molar-refractivity contribution >= 4 is 28.6 Å². The van der Waals surface area contributed by atoms with E-state index in [1.54, 1.807) is 30.3 Å². The minimum Gasteiger partial charge on any atom is -0.496 e. The third-order valence-corrected chi connectivity index (χ3v) is 6.50. The molecule has 0 spiro atoms. The van der Waals surface area contributed by atoms with E-state index in [0.29, 0.717) is 35.7 Å². The van der Waals surface area contributed by atoms with Gasteiger partial charge in [0.25, 0.3) is 5.91 Å². The molecule has 4 aromatic rings. The number of alkyl halides is 3. The molecule has 0 fully saturated rings. The smallest absolute Gasteiger partial charge is 0.416 e. The molecular weight excluding hydrogens is 461 g/mol. The number of halogens is 3. The van der Waals surface area contributed by atoms with Gasteiger partial charge in [0.1, 0.15) is 5.75 Å². The van der Waals surface area contributed by atoms with Crippen molar-refractivity contribution in [3.8, 4) is 5.75 Å². The lowest BCUT2D eigenvalue weighted by Crippen LogP contribution is -2.27. The van der Waals surface area contributed by atoms with E-state index < -0.39 is 11.7 Å². The van der Waals surface area contributed by atoms with Gasteiger partial charge in [-0.3, -0.25) is 4.79 Å². The van der Waals surface area contributed by atoms with Gasteiger partial charge in [0.05, 0.1) is 18.2 Å². The molecule has 0 saturated carbocycles. The third-order valence-electron chi connectivity index (χ3n) is 5.39. The molecule has 0 saturated heterocycles. The molecule has 1 N–H and O–H groups in total. The Hall–Kier alpha value is -3.39. The average Bonchev–Trinajstić information content (AvgIpc) is 3.20. The van der Waals surface area contributed by atoms with E-state index in [2.05, 4.69) is 5.32 Å². The molecule has 1 amide bonds. The van der Waals surface area contributed by atoms with E-state index in [1.165, 1.54) is 31.0 Å². The van der Waals surface area contributed by atoms with Crippen molar-refractivity contribution in [2.45, 2.75) is 23.4 Å². The molecule has 4 nitrogen and oxygen atoms in total. The Labute approximate surface area is 199 Å². The van der Waals surface area contributed by atoms with Gasteiger partial charge < -0.3 is 14.6 Å². The van der Waals surface area contributed by atoms with Crippen molar-refractivity contribution in [1.29, 1.82) is 0 Å². The van der Waals surface area contributed by atoms with Gasteiger partial charge in [-0.2, -0.15) is 13.2 Å². The molecule has 176 valence electrons. The van der Waals surface area contributed by atoms with Crippen LogP contribution in [0.25, 0.3) is 10.9 Å². The summed E-state index contributed by atoms with van der Waals surface area (Å²) in [5.74, 6) is 0.718. The fraction of sp³-hybridized carbons (Fsp3) is 0.192. The second kappa shape index (κ2) is 10.3. The standard InChI is InChI=1S/C26H23F3N2O2S/c1-33-23-12-5-3-10-21(23)25(32)30-13-14-31-16-24(20-9-2-4-11-22(20)31)34-17-18-7-6-8-19(15-18)26(27,28)29/h2-12,15-16H,13-14,17H2,1H3,(H,30,32). The lowest BCUT2D eigenvalue weighted by Gasteiger charge is -2.10. The number of carbonyl (C=O) groups is 1. The fourth-order valence-corrected chi connectivity index (χ4v) is 4.76. The molecule has 0 radical (unpaired) electrons. The summed E-state index contributed by atoms with van der Waals surface area (Å²) in [5, 5.41) is 3.94. The maximum atomic E-state index is 13.0. The van der Waals surface area contributed by atoms with Gasteiger partial charge in [-0.05, 0) is 29.8 Å². The molecule has 1 aromatic heterocycles. The van der Waals surface area contributed by atoms with Crippen LogP contribution >= 0.6 is 11.8 Å². The van der Waals surface area contributed by atoms with Crippen LogP contribution in [-0.4, -0.2) is 24.1 Å². The number of rotatable bonds is 8. The van der Waals surface area contributed by atoms with Crippen LogP contribution in [0.1, 0.15) is 21.5 Å². The van der Waals surface area contributed by atoms with Gasteiger partial charge in [0.2, 0.25) is 0 Å². The minimum atomic E-state index is -4.36. The zero-order valence-corrected chi connectivity index (χ0v) is 19.2. The van der Waals surface area contributed by atoms with Gasteiger partial charge in [0.15, 0.2) is 0 Å². The van der Waals surface area contributed by atoms with Crippen molar-refractivity contribution < 1.29 is 22.7 Å². The first-order chi connectivity index (χ1) is 16.4. The van der Waals surface area contributed by atoms with Crippen LogP contribution < -0.4 is 10.1 Å². The van der Waals surface area contributed by atoms with Crippen LogP contribution in [0.15, 0.2) is 83.9 Å². The summed E-state index contributed by atoms with van der Waals surface area (Å²) >= 11 is 1.49. The van der Waals surface area contributed by atoms with Crippen LogP contribution in [-0.2, 0) is 18.5 Å². The Bertz CT molecular complexity index is 1300. The summed E-state index contributed by atoms with van der Waals surface area (Å²) in [6, 6.07) is 20.3. The number of nitrogens with one attached hydrogen (secondary N) is 1. The number of para-hydroxylation sites is 2. The number of nitrogens with zero attached hydrogens (tertiary/aromatic N) is 1. The highest BCUT2D eigenvalue weighted by Gasteiger charge is 2.30. The maximum Gasteiger partial charge on any atom is 0.416 e. The van der Waals surface area contributed by atoms with E-state index in [-0.39, 0.29) is 5.91 Å². The lowest BCUT2D eigenvalue weighted by atomic mass is 10.1. The second-order valence-electron chi connectivity index (χ2n) is 7.65. The largest absolute Gasteiger partial charge is 0.496 e. The zero-order valence-electron chi connectivity index (χ0n) is 18.4. The highest BCUT2D eigenvalue weighted by molar-refractivity contribution is 7.98. The number of amides is 1. The molecule has 0 bridgehead atoms. The number of methoxy groups -OCH3 is 1. The Morgan fingerprint density at radius 2 is 1.79 bits per heavy atom. The van der Waals surface area contributed by atoms with Crippen molar-refractivity contribution in [1.82, 2.24) is 9.88 Å². The molecule has 0 aliphatic heterocycles. The number of aromatic nitrogens is 1. The summed E-state index contributed by atoms with van der Waals surface area (Å²) in [6.45, 7) is 0.957. The topological polar surface area (TPSA) is 43.3 Å². The predicted octanol–water partition coefficient (Wildman–Crippen LogP) is 6.39. The maximum absolute atomic E-state index is 13.0. The minimum absolute atomic E-state index is 0.215. The van der Waals surface area contributed by atoms with Crippen LogP contribution in [0.4, 0.5) is 13.2 Å². The highest BCUT2D eigenvalue weighted by atomic mass is 32.2. The van der Waals surface area contributed by atoms with Crippen molar-refractivity contribution in [2.24, 2.45) is 0 Å². The zero-order chi connectivity index (χ0) is 24.1. The SMILES string of the molecule is COc1ccccc1C(=O)NCCn1cc(SCc2cccc(C(F)(F)F)c2)c2ccccc21. The Morgan fingerprint density at radius 3 is 2.59 bits per heavy atom. The van der Waals surface area contributed by atoms with Crippen molar-refractivity contribution in [2.75, 3.05) is 13.7 Å². The third kappa shape index (κ3) is 5.39. The molecule has 0 atom stereocenters. The monoisotopic (exact) mass is 484 g/mol. The molecule has 3 aromatic carbocycles. The summed E-state index contributed by atoms with van der Waals surface area (Å²) in [6.07, 6.45) is -2.37. The number of thioether (sulfide) groups is 1. The number of benzene rings is 3. The summed E-state index contributed by atoms with van der Waals surface area (Å²) in [4.78, 5) is 13.5. The van der Waals surface area contributed by atoms with E-state index in [9.17, 15) is 18.0 Å². The van der Waals surface area contributed by atoms with Gasteiger partial charge in [-0.1, -0.05) is 48.5 Å². The second-order valence-corrected chi connectivity index (χ2v) is 8.66. The molecule has 4 rings (SSSR count). The fourth-order valence-electron chi connectivity index (χ4n) is 3.73. The average molecular weight is 485 g/mol. The highest BCUT2D eigenvalue weighted by Crippen LogP contribution is 2.34. The first kappa shape index (κ1) is 23.8. The quantitative estimate of drug-likeness (QED) is 0.295. The van der Waals surface area contributed by atoms with Gasteiger partial charge in [-0.15, -0.1) is 11.8 Å². The van der Waals surface area contributed by atoms with Crippen LogP contribution in [0.3, 0.4) is 0 Å². The summed E-state index contributed by atoms with van der Waals surface area (Å²) < 4.78 is 46.4. The molecular formula is C26H23F3N2O2S. The van der Waals surface area contributed by atoms with E-state index in [1.807, 2.05) is 35.0 Å². The number of ether oxygens (including phenoxy) is 1. The van der Waals surface area contributed by atoms with E-state index >= 15 is 0 Å². The number of hydrogen-bond donors (Lipinski definition) is 1. The van der Waals surface area contributed by atoms with Gasteiger partial charge in [-0.25, -0.2) is 0 Å². The number of fused-ring (bicyclic) bond motifs is 1. The van der Waals surface area contributed by atoms with Gasteiger partial charge >= 0.3 is 6.18 Å². The first-order valence-corrected chi connectivity index (χ1v) is 11.6. The Balaban J connectivity index is 1.45. The summed E-state index contributed by atoms with van der Waals surface area (Å²) in [5.41, 5.74) is 1.44. The van der Waals surface area contributed by atoms with Crippen LogP contribution in [0, 0.1) is 0 Å². The molecule has 1 heterocycles.